The minimum Gasteiger partial charge on any atom is -0.391 e. The van der Waals surface area contributed by atoms with Crippen molar-refractivity contribution in [1.29, 1.82) is 0 Å². The highest BCUT2D eigenvalue weighted by Gasteiger charge is 2.44. The summed E-state index contributed by atoms with van der Waals surface area (Å²) in [6.07, 6.45) is -1.05. The molecule has 2 aliphatic heterocycles. The number of aliphatic imine (C=N–C) groups is 2. The van der Waals surface area contributed by atoms with Gasteiger partial charge in [-0.3, -0.25) is 15.2 Å². The van der Waals surface area contributed by atoms with Crippen LogP contribution in [0.15, 0.2) is 21.5 Å². The summed E-state index contributed by atoms with van der Waals surface area (Å²) in [5.41, 5.74) is 2.80. The number of aliphatic hydroxyl groups is 1. The molecular weight excluding hydrogens is 325 g/mol. The lowest BCUT2D eigenvalue weighted by Gasteiger charge is -2.34. The molecule has 0 radical (unpaired) electrons. The molecule has 1 fully saturated rings. The van der Waals surface area contributed by atoms with Crippen molar-refractivity contribution in [3.05, 3.63) is 11.5 Å². The number of alkyl halides is 2. The maximum Gasteiger partial charge on any atom is 0.250 e. The topological polar surface area (TPSA) is 77.3 Å². The highest BCUT2D eigenvalue weighted by atomic mass is 19.3. The number of fused-ring (bicyclic) bond motifs is 1. The molecule has 1 aliphatic carbocycles. The van der Waals surface area contributed by atoms with Crippen molar-refractivity contribution in [2.45, 2.75) is 57.2 Å². The van der Waals surface area contributed by atoms with Gasteiger partial charge in [-0.1, -0.05) is 13.8 Å². The first-order valence-corrected chi connectivity index (χ1v) is 7.87. The lowest BCUT2D eigenvalue weighted by Crippen LogP contribution is -2.51. The molecule has 0 spiro atoms. The molecule has 1 unspecified atom stereocenters. The van der Waals surface area contributed by atoms with E-state index in [0.29, 0.717) is 0 Å². The zero-order valence-corrected chi connectivity index (χ0v) is 13.3. The van der Waals surface area contributed by atoms with Crippen LogP contribution >= 0.6 is 0 Å². The Morgan fingerprint density at radius 3 is 2.83 bits per heavy atom. The average Bonchev–Trinajstić information content (AvgIpc) is 2.73. The van der Waals surface area contributed by atoms with Gasteiger partial charge in [-0.25, -0.2) is 23.2 Å². The first-order chi connectivity index (χ1) is 11.2. The van der Waals surface area contributed by atoms with E-state index in [-0.39, 0.29) is 30.4 Å². The normalized spacial score (nSPS) is 34.1. The lowest BCUT2D eigenvalue weighted by atomic mass is 9.90. The van der Waals surface area contributed by atoms with E-state index in [0.717, 1.165) is 0 Å². The number of Topliss-reactive ketones (excluding diaryl/α,β-unsaturated/α-hetero) is 1. The lowest BCUT2D eigenvalue weighted by molar-refractivity contribution is -0.121. The van der Waals surface area contributed by atoms with Gasteiger partial charge in [0.05, 0.1) is 18.4 Å². The van der Waals surface area contributed by atoms with Crippen LogP contribution in [0.3, 0.4) is 0 Å². The number of nitrogens with one attached hydrogen (secondary N) is 1. The Hall–Kier alpha value is -1.90. The summed E-state index contributed by atoms with van der Waals surface area (Å²) in [6.45, 7) is 3.58. The molecule has 3 rings (SSSR count). The Kier molecular flexibility index (Phi) is 4.15. The number of carbonyl (C=O) groups excluding carboxylic acids is 1. The van der Waals surface area contributed by atoms with Crippen LogP contribution in [0.5, 0.6) is 0 Å². The van der Waals surface area contributed by atoms with Crippen LogP contribution < -0.4 is 5.43 Å². The molecule has 2 N–H and O–H groups in total. The maximum atomic E-state index is 14.0. The molecule has 6 nitrogen and oxygen atoms in total. The van der Waals surface area contributed by atoms with E-state index in [2.05, 4.69) is 15.4 Å². The van der Waals surface area contributed by atoms with Gasteiger partial charge in [0, 0.05) is 12.8 Å². The van der Waals surface area contributed by atoms with Crippen LogP contribution in [-0.4, -0.2) is 52.2 Å². The molecule has 3 atom stereocenters. The molecule has 0 aromatic heterocycles. The zero-order chi connectivity index (χ0) is 17.6. The van der Waals surface area contributed by atoms with Crippen molar-refractivity contribution in [2.75, 3.05) is 0 Å². The third-order valence-electron chi connectivity index (χ3n) is 4.45. The third kappa shape index (κ3) is 2.92. The second-order valence-corrected chi connectivity index (χ2v) is 6.68. The van der Waals surface area contributed by atoms with E-state index in [4.69, 9.17) is 0 Å². The van der Waals surface area contributed by atoms with Gasteiger partial charge < -0.3 is 5.11 Å². The van der Waals surface area contributed by atoms with E-state index in [1.807, 2.05) is 0 Å². The molecule has 0 bridgehead atoms. The Labute approximate surface area is 137 Å². The highest BCUT2D eigenvalue weighted by molar-refractivity contribution is 6.09. The Morgan fingerprint density at radius 2 is 2.21 bits per heavy atom. The van der Waals surface area contributed by atoms with Crippen molar-refractivity contribution in [1.82, 2.24) is 10.4 Å². The molecular formula is C15H19F3N4O2. The molecule has 2 heterocycles. The number of hydrogen-bond acceptors (Lipinski definition) is 4. The van der Waals surface area contributed by atoms with Gasteiger partial charge in [-0.2, -0.15) is 0 Å². The molecule has 3 aliphatic rings. The van der Waals surface area contributed by atoms with E-state index < -0.39 is 42.1 Å². The summed E-state index contributed by atoms with van der Waals surface area (Å²) in [5, 5.41) is 11.2. The standard InChI is InChI=1S/C15H19F3N4O2/c1-7(2)12-13(24)11(16)9-6-19-14(21-22(9)12)20-8-3-4-15(17,18)5-10(8)23/h6-8,10,12,23H,3-5H2,1-2H3,(H,20,21)/t8-,10-,12?/m1/s1. The summed E-state index contributed by atoms with van der Waals surface area (Å²) < 4.78 is 40.5. The van der Waals surface area contributed by atoms with Crippen LogP contribution in [0.25, 0.3) is 0 Å². The fourth-order valence-corrected chi connectivity index (χ4v) is 3.20. The number of hydrogen-bond donors (Lipinski definition) is 2. The number of aliphatic hydroxyl groups excluding tert-OH is 1. The van der Waals surface area contributed by atoms with Gasteiger partial charge in [0.2, 0.25) is 11.7 Å². The Balaban J connectivity index is 1.80. The minimum absolute atomic E-state index is 0.0263. The van der Waals surface area contributed by atoms with Gasteiger partial charge in [0.25, 0.3) is 5.92 Å². The summed E-state index contributed by atoms with van der Waals surface area (Å²) in [6, 6.07) is -1.44. The van der Waals surface area contributed by atoms with E-state index >= 15 is 0 Å². The molecule has 1 saturated carbocycles. The minimum atomic E-state index is -2.89. The summed E-state index contributed by atoms with van der Waals surface area (Å²) in [4.78, 5) is 20.1. The molecule has 0 saturated heterocycles. The van der Waals surface area contributed by atoms with E-state index in [9.17, 15) is 23.1 Å². The molecule has 0 aromatic rings. The van der Waals surface area contributed by atoms with E-state index in [1.54, 1.807) is 13.8 Å². The van der Waals surface area contributed by atoms with Crippen molar-refractivity contribution < 1.29 is 23.1 Å². The number of guanidine groups is 1. The predicted octanol–water partition coefficient (Wildman–Crippen LogP) is 1.57. The number of hydrazine groups is 1. The van der Waals surface area contributed by atoms with Crippen molar-refractivity contribution in [2.24, 2.45) is 15.9 Å². The first-order valence-electron chi connectivity index (χ1n) is 7.87. The van der Waals surface area contributed by atoms with Gasteiger partial charge >= 0.3 is 0 Å². The Morgan fingerprint density at radius 1 is 1.50 bits per heavy atom. The van der Waals surface area contributed by atoms with Gasteiger partial charge in [-0.15, -0.1) is 0 Å². The van der Waals surface area contributed by atoms with Crippen molar-refractivity contribution in [3.8, 4) is 0 Å². The average molecular weight is 344 g/mol. The van der Waals surface area contributed by atoms with Crippen LogP contribution in [-0.2, 0) is 4.79 Å². The number of allylic oxidation sites excluding steroid dienone is 1. The van der Waals surface area contributed by atoms with Crippen molar-refractivity contribution >= 4 is 18.0 Å². The van der Waals surface area contributed by atoms with E-state index in [1.165, 1.54) is 11.2 Å². The fourth-order valence-electron chi connectivity index (χ4n) is 3.20. The van der Waals surface area contributed by atoms with Gasteiger partial charge in [0.1, 0.15) is 11.7 Å². The SMILES string of the molecule is CC(C)C1C(=O)C(F)=C2C=NC(=N[C@@H]3CCC(F)(F)C[C@H]3O)NN21. The number of ketones is 1. The van der Waals surface area contributed by atoms with Crippen LogP contribution in [0, 0.1) is 5.92 Å². The second kappa shape index (κ2) is 5.87. The molecule has 24 heavy (non-hydrogen) atoms. The number of halogens is 3. The fraction of sp³-hybridized carbons (Fsp3) is 0.667. The largest absolute Gasteiger partial charge is 0.391 e. The van der Waals surface area contributed by atoms with Gasteiger partial charge in [0.15, 0.2) is 5.83 Å². The quantitative estimate of drug-likeness (QED) is 0.797. The third-order valence-corrected chi connectivity index (χ3v) is 4.45. The number of rotatable bonds is 2. The summed E-state index contributed by atoms with van der Waals surface area (Å²) in [7, 11) is 0. The number of carbonyl (C=O) groups is 1. The highest BCUT2D eigenvalue weighted by Crippen LogP contribution is 2.35. The second-order valence-electron chi connectivity index (χ2n) is 6.68. The molecule has 9 heteroatoms. The van der Waals surface area contributed by atoms with Crippen molar-refractivity contribution in [3.63, 3.8) is 0 Å². The maximum absolute atomic E-state index is 14.0. The zero-order valence-electron chi connectivity index (χ0n) is 13.3. The predicted molar refractivity (Wildman–Crippen MR) is 81.3 cm³/mol. The molecule has 0 aromatic carbocycles. The van der Waals surface area contributed by atoms with Crippen LogP contribution in [0.1, 0.15) is 33.1 Å². The number of nitrogens with zero attached hydrogens (tertiary/aromatic N) is 3. The first kappa shape index (κ1) is 16.9. The summed E-state index contributed by atoms with van der Waals surface area (Å²) in [5.74, 6) is -4.46. The summed E-state index contributed by atoms with van der Waals surface area (Å²) >= 11 is 0. The molecule has 0 amide bonds. The van der Waals surface area contributed by atoms with Gasteiger partial charge in [-0.05, 0) is 12.3 Å². The van der Waals surface area contributed by atoms with Crippen LogP contribution in [0.2, 0.25) is 0 Å². The Bertz CT molecular complexity index is 645. The smallest absolute Gasteiger partial charge is 0.250 e. The molecule has 132 valence electrons. The monoisotopic (exact) mass is 344 g/mol. The van der Waals surface area contributed by atoms with Crippen LogP contribution in [0.4, 0.5) is 13.2 Å².